The number of nitrogens with two attached hydrogens (primary N) is 1. The molecule has 5 N–H and O–H groups in total. The van der Waals surface area contributed by atoms with Gasteiger partial charge in [0.2, 0.25) is 5.90 Å². The summed E-state index contributed by atoms with van der Waals surface area (Å²) in [5.74, 6) is -0.909. The molecule has 3 rings (SSSR count). The summed E-state index contributed by atoms with van der Waals surface area (Å²) in [4.78, 5) is 12.1. The van der Waals surface area contributed by atoms with Crippen molar-refractivity contribution in [1.29, 1.82) is 5.41 Å². The molecule has 0 aromatic heterocycles. The molecule has 0 saturated carbocycles. The zero-order chi connectivity index (χ0) is 18.0. The Bertz CT molecular complexity index is 704. The highest BCUT2D eigenvalue weighted by Crippen LogP contribution is 2.37. The predicted octanol–water partition coefficient (Wildman–Crippen LogP) is 1.85. The number of hydrogen-bond donors (Lipinski definition) is 4. The molecule has 0 aliphatic carbocycles. The highest BCUT2D eigenvalue weighted by molar-refractivity contribution is 6.43. The first kappa shape index (κ1) is 17.7. The second-order valence-corrected chi connectivity index (χ2v) is 6.37. The summed E-state index contributed by atoms with van der Waals surface area (Å²) in [6.45, 7) is 2.90. The van der Waals surface area contributed by atoms with E-state index in [1.165, 1.54) is 0 Å². The Morgan fingerprint density at radius 1 is 1.48 bits per heavy atom. The van der Waals surface area contributed by atoms with Gasteiger partial charge in [0.1, 0.15) is 10.7 Å². The molecule has 2 aliphatic rings. The number of fused-ring (bicyclic) bond motifs is 2. The van der Waals surface area contributed by atoms with Crippen LogP contribution in [0.1, 0.15) is 25.0 Å². The van der Waals surface area contributed by atoms with Gasteiger partial charge < -0.3 is 25.8 Å². The third kappa shape index (κ3) is 3.78. The maximum atomic E-state index is 12.1. The molecule has 0 spiro atoms. The average Bonchev–Trinajstić information content (AvgIpc) is 3.24. The number of carbonyl (C=O) groups excluding carboxylic acids is 1. The molecule has 0 unspecified atom stereocenters. The van der Waals surface area contributed by atoms with Crippen LogP contribution in [0.2, 0.25) is 0 Å². The molecule has 0 radical (unpaired) electrons. The van der Waals surface area contributed by atoms with Gasteiger partial charge in [-0.2, -0.15) is 0 Å². The van der Waals surface area contributed by atoms with Gasteiger partial charge in [-0.15, -0.1) is 0 Å². The fraction of sp³-hybridized carbons (Fsp3) is 0.412. The van der Waals surface area contributed by atoms with Crippen molar-refractivity contribution < 1.29 is 14.3 Å². The first-order valence-corrected chi connectivity index (χ1v) is 8.54. The Morgan fingerprint density at radius 2 is 2.20 bits per heavy atom. The zero-order valence-corrected chi connectivity index (χ0v) is 14.6. The summed E-state index contributed by atoms with van der Waals surface area (Å²) in [6, 6.07) is 7.78. The van der Waals surface area contributed by atoms with Gasteiger partial charge in [0, 0.05) is 18.3 Å². The van der Waals surface area contributed by atoms with E-state index in [0.29, 0.717) is 17.8 Å². The summed E-state index contributed by atoms with van der Waals surface area (Å²) in [6.07, 6.45) is 1.38. The fourth-order valence-electron chi connectivity index (χ4n) is 3.06. The summed E-state index contributed by atoms with van der Waals surface area (Å²) >= 11 is 5.89. The van der Waals surface area contributed by atoms with Crippen molar-refractivity contribution in [2.24, 2.45) is 5.73 Å². The maximum Gasteiger partial charge on any atom is 0.273 e. The van der Waals surface area contributed by atoms with Gasteiger partial charge in [-0.05, 0) is 31.0 Å². The van der Waals surface area contributed by atoms with Crippen LogP contribution in [0.5, 0.6) is 0 Å². The number of rotatable bonds is 5. The second-order valence-electron chi connectivity index (χ2n) is 6.00. The molecule has 8 heteroatoms. The number of benzene rings is 1. The van der Waals surface area contributed by atoms with Gasteiger partial charge in [0.25, 0.3) is 5.91 Å². The number of morpholine rings is 1. The lowest BCUT2D eigenvalue weighted by Gasteiger charge is -2.23. The van der Waals surface area contributed by atoms with Crippen LogP contribution in [0.4, 0.5) is 5.69 Å². The van der Waals surface area contributed by atoms with Gasteiger partial charge in [-0.25, -0.2) is 0 Å². The number of nitrogens with one attached hydrogen (secondary N) is 3. The van der Waals surface area contributed by atoms with E-state index in [2.05, 4.69) is 10.6 Å². The Kier molecular flexibility index (Phi) is 5.27. The number of amides is 1. The van der Waals surface area contributed by atoms with Crippen LogP contribution in [0, 0.1) is 5.41 Å². The summed E-state index contributed by atoms with van der Waals surface area (Å²) in [5.41, 5.74) is 7.09. The van der Waals surface area contributed by atoms with Crippen molar-refractivity contribution in [2.45, 2.75) is 31.6 Å². The molecule has 7 nitrogen and oxygen atoms in total. The van der Waals surface area contributed by atoms with E-state index in [1.54, 1.807) is 19.1 Å². The lowest BCUT2D eigenvalue weighted by molar-refractivity contribution is -0.112. The summed E-state index contributed by atoms with van der Waals surface area (Å²) in [7, 11) is 0. The van der Waals surface area contributed by atoms with E-state index in [0.717, 1.165) is 18.5 Å². The number of carbonyl (C=O) groups is 1. The van der Waals surface area contributed by atoms with E-state index in [4.69, 9.17) is 32.2 Å². The number of hydrogen-bond acceptors (Lipinski definition) is 6. The minimum Gasteiger partial charge on any atom is -0.477 e. The van der Waals surface area contributed by atoms with Gasteiger partial charge in [0.05, 0.1) is 18.8 Å². The first-order chi connectivity index (χ1) is 12.0. The van der Waals surface area contributed by atoms with Crippen LogP contribution in [0.25, 0.3) is 0 Å². The van der Waals surface area contributed by atoms with Crippen molar-refractivity contribution in [3.8, 4) is 0 Å². The van der Waals surface area contributed by atoms with E-state index in [9.17, 15) is 4.79 Å². The van der Waals surface area contributed by atoms with Crippen LogP contribution in [0.3, 0.4) is 0 Å². The molecule has 2 saturated heterocycles. The van der Waals surface area contributed by atoms with Crippen molar-refractivity contribution in [3.63, 3.8) is 0 Å². The minimum atomic E-state index is -0.583. The average molecular weight is 365 g/mol. The minimum absolute atomic E-state index is 0.0505. The molecule has 2 aliphatic heterocycles. The highest BCUT2D eigenvalue weighted by Gasteiger charge is 2.41. The molecule has 1 aromatic carbocycles. The smallest absolute Gasteiger partial charge is 0.273 e. The van der Waals surface area contributed by atoms with E-state index in [-0.39, 0.29) is 29.3 Å². The molecule has 1 amide bonds. The molecule has 134 valence electrons. The number of anilines is 1. The van der Waals surface area contributed by atoms with Crippen molar-refractivity contribution in [3.05, 3.63) is 40.6 Å². The van der Waals surface area contributed by atoms with Crippen LogP contribution in [-0.2, 0) is 14.3 Å². The summed E-state index contributed by atoms with van der Waals surface area (Å²) < 4.78 is 10.9. The van der Waals surface area contributed by atoms with Crippen molar-refractivity contribution in [2.75, 3.05) is 18.5 Å². The lowest BCUT2D eigenvalue weighted by Crippen LogP contribution is -2.33. The molecule has 2 heterocycles. The SMILES string of the molecule is CCOC(=N)/C(Cl)=C(\N)C(=O)Nc1ccc([C@@H]2O[C@H]3CN[C@@H]2C3)cc1. The van der Waals surface area contributed by atoms with Crippen LogP contribution in [-0.4, -0.2) is 37.1 Å². The number of halogens is 1. The van der Waals surface area contributed by atoms with Crippen molar-refractivity contribution in [1.82, 2.24) is 5.32 Å². The van der Waals surface area contributed by atoms with Gasteiger partial charge in [-0.3, -0.25) is 10.2 Å². The standard InChI is InChI=1S/C17H21ClN4O3/c1-2-24-16(20)13(18)14(19)17(23)22-10-5-3-9(4-6-10)15-12-7-11(25-15)8-21-12/h3-6,11-12,15,20-21H,2,7-8,19H2,1H3,(H,22,23)/b14-13+,20-16?/t11-,12-,15+/m1/s1. The third-order valence-electron chi connectivity index (χ3n) is 4.30. The largest absolute Gasteiger partial charge is 0.477 e. The Morgan fingerprint density at radius 3 is 2.76 bits per heavy atom. The molecular weight excluding hydrogens is 344 g/mol. The Hall–Kier alpha value is -2.09. The molecule has 2 bridgehead atoms. The highest BCUT2D eigenvalue weighted by atomic mass is 35.5. The topological polar surface area (TPSA) is 109 Å². The fourth-order valence-corrected chi connectivity index (χ4v) is 3.20. The van der Waals surface area contributed by atoms with Gasteiger partial charge in [-0.1, -0.05) is 23.7 Å². The molecule has 1 aromatic rings. The van der Waals surface area contributed by atoms with Crippen LogP contribution in [0.15, 0.2) is 35.0 Å². The number of ether oxygens (including phenoxy) is 2. The van der Waals surface area contributed by atoms with Crippen LogP contribution < -0.4 is 16.4 Å². The maximum absolute atomic E-state index is 12.1. The normalized spacial score (nSPS) is 25.4. The predicted molar refractivity (Wildman–Crippen MR) is 95.5 cm³/mol. The van der Waals surface area contributed by atoms with Gasteiger partial charge >= 0.3 is 0 Å². The van der Waals surface area contributed by atoms with Crippen LogP contribution >= 0.6 is 11.6 Å². The van der Waals surface area contributed by atoms with E-state index in [1.807, 2.05) is 12.1 Å². The summed E-state index contributed by atoms with van der Waals surface area (Å²) in [5, 5.41) is 13.5. The molecule has 25 heavy (non-hydrogen) atoms. The van der Waals surface area contributed by atoms with E-state index >= 15 is 0 Å². The third-order valence-corrected chi connectivity index (χ3v) is 4.67. The van der Waals surface area contributed by atoms with Gasteiger partial charge in [0.15, 0.2) is 0 Å². The molecule has 2 fully saturated rings. The Balaban J connectivity index is 1.64. The monoisotopic (exact) mass is 364 g/mol. The molecule has 3 atom stereocenters. The zero-order valence-electron chi connectivity index (χ0n) is 13.8. The van der Waals surface area contributed by atoms with Crippen molar-refractivity contribution >= 4 is 29.1 Å². The van der Waals surface area contributed by atoms with E-state index < -0.39 is 5.91 Å². The second kappa shape index (κ2) is 7.43. The molecular formula is C17H21ClN4O3. The lowest BCUT2D eigenvalue weighted by atomic mass is 10.0. The Labute approximate surface area is 151 Å². The first-order valence-electron chi connectivity index (χ1n) is 8.16. The quantitative estimate of drug-likeness (QED) is 0.362.